The maximum absolute atomic E-state index is 15.2. The van der Waals surface area contributed by atoms with Crippen LogP contribution in [-0.2, 0) is 59.9 Å². The first-order chi connectivity index (χ1) is 49.8. The molecule has 4 aromatic rings. The molecular formula is C72H90F2N13O15PS. The zero-order valence-corrected chi connectivity index (χ0v) is 59.4. The number of fused-ring (bicyclic) bond motifs is 4. The highest BCUT2D eigenvalue weighted by molar-refractivity contribution is 8.00. The van der Waals surface area contributed by atoms with E-state index in [1.54, 1.807) is 48.5 Å². The number of amides is 13. The van der Waals surface area contributed by atoms with Crippen LogP contribution in [0.15, 0.2) is 72.8 Å². The normalized spacial score (nSPS) is 21.4. The molecule has 28 nitrogen and oxygen atoms in total. The molecule has 0 aliphatic carbocycles. The zero-order chi connectivity index (χ0) is 74.2. The van der Waals surface area contributed by atoms with Gasteiger partial charge in [-0.3, -0.25) is 62.6 Å². The Kier molecular flexibility index (Phi) is 26.4. The van der Waals surface area contributed by atoms with E-state index in [-0.39, 0.29) is 136 Å². The third kappa shape index (κ3) is 19.6. The second-order valence-electron chi connectivity index (χ2n) is 27.4. The van der Waals surface area contributed by atoms with Gasteiger partial charge in [0.05, 0.1) is 12.1 Å². The Morgan fingerprint density at radius 2 is 1.52 bits per heavy atom. The summed E-state index contributed by atoms with van der Waals surface area (Å²) in [6.45, 7) is 0.732. The number of benzene rings is 3. The van der Waals surface area contributed by atoms with Gasteiger partial charge in [-0.05, 0) is 112 Å². The van der Waals surface area contributed by atoms with Crippen molar-refractivity contribution in [1.82, 2.24) is 62.2 Å². The van der Waals surface area contributed by atoms with Gasteiger partial charge in [0.2, 0.25) is 53.2 Å². The van der Waals surface area contributed by atoms with Crippen molar-refractivity contribution in [1.29, 1.82) is 0 Å². The summed E-state index contributed by atoms with van der Waals surface area (Å²) >= 11 is 1.86. The van der Waals surface area contributed by atoms with Crippen LogP contribution in [0.5, 0.6) is 0 Å². The molecule has 1 aromatic heterocycles. The molecule has 13 amide bonds. The predicted octanol–water partition coefficient (Wildman–Crippen LogP) is 4.76. The van der Waals surface area contributed by atoms with Crippen molar-refractivity contribution in [2.75, 3.05) is 31.9 Å². The standard InChI is InChI=1S/C72H90F2N13O15PS/c73-72(74,103(100,101)102)46-26-28-50-45(38-46)39-52(78-50)65(93)80-53-41-85(61(91)25-12-5-3-4-9-18-43-21-17-22-48-49(43)40-86(69(48)97)55-31-33-60(90)82-66(55)94)37-34-47-27-30-56(87(47)70(53)98)67(95)79-51(29-32-58(75)88)64(92)83-62(44-19-10-8-11-20-44)68(96)77-36-16-7-2-1-6-15-35-76-59(89)24-14-13-23-57-63-54(42-104-57)81-71(99)84-63/h8,10-11,17,19-22,26,28,38-39,47,51,53-57,62-63,78H,1-7,12-16,23-25,27,29-37,40-42H2,(H2,75,88)(H,76,89)(H,77,96)(H,79,95)(H,80,93)(H,83,92)(H2,81,84,99)(H,82,90,94)(H2,100,101,102)/t47-,51+,53+,54+,55?,56+,57+,62+,63+/m1/s1. The van der Waals surface area contributed by atoms with Crippen LogP contribution in [-0.4, -0.2) is 180 Å². The lowest BCUT2D eigenvalue weighted by molar-refractivity contribution is -0.146. The second kappa shape index (κ2) is 35.5. The number of H-pyrrole nitrogens is 1. The lowest BCUT2D eigenvalue weighted by atomic mass is 10.0. The average molecular weight is 1480 g/mol. The van der Waals surface area contributed by atoms with Crippen LogP contribution in [0.2, 0.25) is 0 Å². The minimum absolute atomic E-state index is 0.0264. The van der Waals surface area contributed by atoms with Crippen LogP contribution in [0.3, 0.4) is 0 Å². The molecule has 3 aromatic carbocycles. The van der Waals surface area contributed by atoms with Gasteiger partial charge < -0.3 is 72.4 Å². The van der Waals surface area contributed by atoms with Crippen LogP contribution in [0.25, 0.3) is 10.9 Å². The molecular weight excluding hydrogens is 1390 g/mol. The van der Waals surface area contributed by atoms with Crippen molar-refractivity contribution >= 4 is 101 Å². The Morgan fingerprint density at radius 3 is 2.27 bits per heavy atom. The topological polar surface area (TPSA) is 410 Å². The number of nitrogens with zero attached hydrogens (tertiary/aromatic N) is 3. The van der Waals surface area contributed by atoms with Crippen LogP contribution in [0.1, 0.15) is 190 Å². The highest BCUT2D eigenvalue weighted by atomic mass is 32.2. The van der Waals surface area contributed by atoms with E-state index in [0.717, 1.165) is 81.4 Å². The van der Waals surface area contributed by atoms with Crippen molar-refractivity contribution < 1.29 is 80.7 Å². The van der Waals surface area contributed by atoms with Crippen LogP contribution < -0.4 is 48.3 Å². The largest absolute Gasteiger partial charge is 0.399 e. The first kappa shape index (κ1) is 77.4. The maximum atomic E-state index is 15.2. The molecule has 6 aliphatic heterocycles. The molecule has 6 aliphatic rings. The van der Waals surface area contributed by atoms with Gasteiger partial charge in [-0.15, -0.1) is 0 Å². The molecule has 0 saturated carbocycles. The monoisotopic (exact) mass is 1480 g/mol. The fourth-order valence-corrected chi connectivity index (χ4v) is 16.4. The molecule has 7 heterocycles. The van der Waals surface area contributed by atoms with E-state index < -0.39 is 96.4 Å². The van der Waals surface area contributed by atoms with Gasteiger partial charge in [0.15, 0.2) is 0 Å². The number of carbonyl (C=O) groups excluding carboxylic acids is 12. The molecule has 10 rings (SSSR count). The average Bonchev–Trinajstić information content (AvgIpc) is 1.59. The van der Waals surface area contributed by atoms with E-state index in [1.165, 1.54) is 14.7 Å². The number of urea groups is 1. The van der Waals surface area contributed by atoms with Crippen LogP contribution in [0.4, 0.5) is 13.6 Å². The molecule has 9 atom stereocenters. The van der Waals surface area contributed by atoms with Gasteiger partial charge in [0.1, 0.15) is 35.9 Å². The maximum Gasteiger partial charge on any atom is 0.399 e. The molecule has 5 fully saturated rings. The van der Waals surface area contributed by atoms with Gasteiger partial charge in [-0.25, -0.2) is 4.79 Å². The number of imide groups is 1. The number of aromatic nitrogens is 1. The molecule has 5 saturated heterocycles. The molecule has 13 N–H and O–H groups in total. The fraction of sp³-hybridized carbons (Fsp3) is 0.528. The summed E-state index contributed by atoms with van der Waals surface area (Å²) in [6, 6.07) is 10.7. The first-order valence-corrected chi connectivity index (χ1v) is 38.4. The van der Waals surface area contributed by atoms with Crippen molar-refractivity contribution in [3.05, 3.63) is 106 Å². The number of nitrogens with one attached hydrogen (secondary N) is 9. The van der Waals surface area contributed by atoms with Gasteiger partial charge in [-0.2, -0.15) is 20.5 Å². The summed E-state index contributed by atoms with van der Waals surface area (Å²) < 4.78 is 41.4. The van der Waals surface area contributed by atoms with Crippen LogP contribution in [0, 0.1) is 11.8 Å². The number of alkyl halides is 2. The SMILES string of the molecule is NC(=O)CC[C@H](NC(=O)[C@@H]1CC[C@@H]2CCN(C(=O)CCCCCC#Cc3cccc4c3CN(C3CCC(=O)NC3=O)C4=O)C[C@H](NC(=O)c3cc4cc(C(F)(F)P(=O)(O)O)ccc4[nH]3)C(=O)N21)C(=O)N[C@H](C(=O)NCCCCCCCCNC(=O)CCCC[C@@H]1SC[C@@H]2NC(=O)N[C@@H]21)c1ccccc1. The van der Waals surface area contributed by atoms with E-state index in [2.05, 4.69) is 59.4 Å². The Labute approximate surface area is 604 Å². The Bertz CT molecular complexity index is 4020. The number of hydrogen-bond donors (Lipinski definition) is 12. The Morgan fingerprint density at radius 1 is 0.779 bits per heavy atom. The van der Waals surface area contributed by atoms with Gasteiger partial charge in [-0.1, -0.05) is 92.8 Å². The highest BCUT2D eigenvalue weighted by Crippen LogP contribution is 2.59. The molecule has 0 radical (unpaired) electrons. The molecule has 1 unspecified atom stereocenters. The lowest BCUT2D eigenvalue weighted by Gasteiger charge is -2.39. The number of halogens is 2. The molecule has 0 spiro atoms. The van der Waals surface area contributed by atoms with Crippen molar-refractivity contribution in [2.24, 2.45) is 5.73 Å². The Hall–Kier alpha value is -9.24. The zero-order valence-electron chi connectivity index (χ0n) is 57.7. The van der Waals surface area contributed by atoms with Gasteiger partial charge in [0, 0.05) is 109 Å². The molecule has 558 valence electrons. The van der Waals surface area contributed by atoms with E-state index in [4.69, 9.17) is 5.73 Å². The number of primary amides is 1. The van der Waals surface area contributed by atoms with E-state index in [0.29, 0.717) is 72.6 Å². The summed E-state index contributed by atoms with van der Waals surface area (Å²) in [7, 11) is -5.97. The first-order valence-electron chi connectivity index (χ1n) is 35.7. The van der Waals surface area contributed by atoms with Crippen molar-refractivity contribution in [2.45, 2.75) is 207 Å². The smallest absolute Gasteiger partial charge is 0.370 e. The molecule has 0 bridgehead atoms. The quantitative estimate of drug-likeness (QED) is 0.0101. The fourth-order valence-electron chi connectivity index (χ4n) is 14.4. The number of thioether (sulfide) groups is 1. The van der Waals surface area contributed by atoms with Crippen molar-refractivity contribution in [3.8, 4) is 11.8 Å². The van der Waals surface area contributed by atoms with Crippen LogP contribution >= 0.6 is 19.4 Å². The third-order valence-corrected chi connectivity index (χ3v) is 22.5. The van der Waals surface area contributed by atoms with E-state index in [9.17, 15) is 75.9 Å². The number of unbranched alkanes of at least 4 members (excludes halogenated alkanes) is 9. The number of hydrogen-bond acceptors (Lipinski definition) is 14. The number of aromatic amines is 1. The Balaban J connectivity index is 0.734. The van der Waals surface area contributed by atoms with Gasteiger partial charge >= 0.3 is 19.3 Å². The summed E-state index contributed by atoms with van der Waals surface area (Å²) in [5.41, 5.74) is 2.04. The molecule has 32 heteroatoms. The lowest BCUT2D eigenvalue weighted by Crippen LogP contribution is -2.62. The number of rotatable bonds is 33. The molecule has 104 heavy (non-hydrogen) atoms. The minimum atomic E-state index is -5.97. The van der Waals surface area contributed by atoms with E-state index in [1.807, 2.05) is 11.8 Å². The summed E-state index contributed by atoms with van der Waals surface area (Å²) in [6.07, 6.45) is 10.3. The number of piperidine rings is 1. The highest BCUT2D eigenvalue weighted by Gasteiger charge is 2.51. The minimum Gasteiger partial charge on any atom is -0.370 e. The van der Waals surface area contributed by atoms with Crippen molar-refractivity contribution in [3.63, 3.8) is 0 Å². The number of carbonyl (C=O) groups is 12. The second-order valence-corrected chi connectivity index (χ2v) is 30.3. The van der Waals surface area contributed by atoms with E-state index >= 15 is 4.79 Å². The van der Waals surface area contributed by atoms with Gasteiger partial charge in [0.25, 0.3) is 11.8 Å². The summed E-state index contributed by atoms with van der Waals surface area (Å²) in [4.78, 5) is 187. The number of nitrogens with two attached hydrogens (primary N) is 1. The summed E-state index contributed by atoms with van der Waals surface area (Å²) in [5, 5.41) is 22.7. The summed E-state index contributed by atoms with van der Waals surface area (Å²) in [5.74, 6) is 0.999. The predicted molar refractivity (Wildman–Crippen MR) is 378 cm³/mol. The third-order valence-electron chi connectivity index (χ3n) is 20.0.